The third-order valence-corrected chi connectivity index (χ3v) is 4.99. The Labute approximate surface area is 162 Å². The largest absolute Gasteiger partial charge is 0.486 e. The summed E-state index contributed by atoms with van der Waals surface area (Å²) in [5.74, 6) is -0.0697. The molecule has 0 saturated heterocycles. The minimum Gasteiger partial charge on any atom is -0.486 e. The summed E-state index contributed by atoms with van der Waals surface area (Å²) < 4.78 is 24.7. The maximum Gasteiger partial charge on any atom is 0.280 e. The smallest absolute Gasteiger partial charge is 0.280 e. The Kier molecular flexibility index (Phi) is 4.86. The molecule has 0 spiro atoms. The molecule has 6 heteroatoms. The highest BCUT2D eigenvalue weighted by molar-refractivity contribution is 6.06. The van der Waals surface area contributed by atoms with Crippen molar-refractivity contribution in [1.29, 1.82) is 0 Å². The van der Waals surface area contributed by atoms with Crippen molar-refractivity contribution >= 4 is 11.6 Å². The van der Waals surface area contributed by atoms with E-state index in [1.807, 2.05) is 19.1 Å². The van der Waals surface area contributed by atoms with E-state index in [2.05, 4.69) is 11.2 Å². The summed E-state index contributed by atoms with van der Waals surface area (Å²) in [6, 6.07) is 12.3. The van der Waals surface area contributed by atoms with Crippen LogP contribution < -0.4 is 9.64 Å². The second-order valence-corrected chi connectivity index (χ2v) is 6.98. The number of hydrogen-bond acceptors (Lipinski definition) is 4. The van der Waals surface area contributed by atoms with Gasteiger partial charge in [0.25, 0.3) is 5.91 Å². The number of amides is 1. The van der Waals surface area contributed by atoms with Crippen molar-refractivity contribution in [1.82, 2.24) is 5.16 Å². The zero-order valence-electron chi connectivity index (χ0n) is 15.9. The number of benzene rings is 2. The molecule has 2 heterocycles. The Balaban J connectivity index is 1.61. The lowest BCUT2D eigenvalue weighted by Crippen LogP contribution is -2.36. The maximum absolute atomic E-state index is 13.8. The van der Waals surface area contributed by atoms with E-state index in [-0.39, 0.29) is 24.0 Å². The van der Waals surface area contributed by atoms with Crippen LogP contribution in [0.3, 0.4) is 0 Å². The Morgan fingerprint density at radius 3 is 2.89 bits per heavy atom. The first-order valence-electron chi connectivity index (χ1n) is 9.28. The molecule has 0 fully saturated rings. The van der Waals surface area contributed by atoms with Gasteiger partial charge in [-0.15, -0.1) is 0 Å². The molecule has 0 atom stereocenters. The van der Waals surface area contributed by atoms with Gasteiger partial charge in [0.2, 0.25) is 0 Å². The molecule has 5 nitrogen and oxygen atoms in total. The Bertz CT molecular complexity index is 1030. The summed E-state index contributed by atoms with van der Waals surface area (Å²) >= 11 is 0. The summed E-state index contributed by atoms with van der Waals surface area (Å²) in [4.78, 5) is 15.0. The van der Waals surface area contributed by atoms with Gasteiger partial charge in [0.1, 0.15) is 12.4 Å². The van der Waals surface area contributed by atoms with Crippen molar-refractivity contribution in [3.63, 3.8) is 0 Å². The van der Waals surface area contributed by atoms with Crippen molar-refractivity contribution in [3.05, 3.63) is 76.4 Å². The molecule has 1 amide bonds. The van der Waals surface area contributed by atoms with Crippen LogP contribution in [0.25, 0.3) is 0 Å². The SMILES string of the molecule is Cc1ccc2c(c1)CCCN2C(=O)c1noc(C)c1COc1ccccc1F. The van der Waals surface area contributed by atoms with Crippen LogP contribution in [0.2, 0.25) is 0 Å². The first-order valence-corrected chi connectivity index (χ1v) is 9.28. The number of carbonyl (C=O) groups excluding carboxylic acids is 1. The number of hydrogen-bond donors (Lipinski definition) is 0. The average molecular weight is 380 g/mol. The summed E-state index contributed by atoms with van der Waals surface area (Å²) in [5, 5.41) is 3.98. The van der Waals surface area contributed by atoms with E-state index in [0.717, 1.165) is 24.1 Å². The molecule has 2 aromatic carbocycles. The maximum atomic E-state index is 13.8. The molecular formula is C22H21FN2O3. The zero-order chi connectivity index (χ0) is 19.7. The molecule has 28 heavy (non-hydrogen) atoms. The van der Waals surface area contributed by atoms with Crippen LogP contribution in [-0.2, 0) is 13.0 Å². The predicted octanol–water partition coefficient (Wildman–Crippen LogP) is 4.60. The van der Waals surface area contributed by atoms with Gasteiger partial charge in [0.05, 0.1) is 5.56 Å². The number of fused-ring (bicyclic) bond motifs is 1. The molecular weight excluding hydrogens is 359 g/mol. The number of carbonyl (C=O) groups is 1. The van der Waals surface area contributed by atoms with Gasteiger partial charge in [0, 0.05) is 12.2 Å². The van der Waals surface area contributed by atoms with Crippen LogP contribution in [0.4, 0.5) is 10.1 Å². The van der Waals surface area contributed by atoms with E-state index in [1.54, 1.807) is 30.0 Å². The molecule has 0 N–H and O–H groups in total. The van der Waals surface area contributed by atoms with E-state index in [9.17, 15) is 9.18 Å². The van der Waals surface area contributed by atoms with Crippen LogP contribution in [0.15, 0.2) is 47.0 Å². The van der Waals surface area contributed by atoms with Gasteiger partial charge in [0.15, 0.2) is 17.3 Å². The molecule has 1 aliphatic heterocycles. The normalized spacial score (nSPS) is 13.3. The third-order valence-electron chi connectivity index (χ3n) is 4.99. The highest BCUT2D eigenvalue weighted by Gasteiger charge is 2.29. The number of halogens is 1. The van der Waals surface area contributed by atoms with Gasteiger partial charge in [-0.05, 0) is 50.5 Å². The van der Waals surface area contributed by atoms with Crippen LogP contribution in [0.1, 0.15) is 39.4 Å². The molecule has 144 valence electrons. The molecule has 0 unspecified atom stereocenters. The Hall–Kier alpha value is -3.15. The Morgan fingerprint density at radius 2 is 2.07 bits per heavy atom. The topological polar surface area (TPSA) is 55.6 Å². The Morgan fingerprint density at radius 1 is 1.25 bits per heavy atom. The summed E-state index contributed by atoms with van der Waals surface area (Å²) in [6.07, 6.45) is 1.84. The van der Waals surface area contributed by atoms with Crippen LogP contribution in [0, 0.1) is 19.7 Å². The minimum atomic E-state index is -0.454. The summed E-state index contributed by atoms with van der Waals surface area (Å²) in [6.45, 7) is 4.39. The molecule has 3 aromatic rings. The average Bonchev–Trinajstić information content (AvgIpc) is 3.06. The van der Waals surface area contributed by atoms with Gasteiger partial charge < -0.3 is 14.2 Å². The molecule has 1 aliphatic rings. The first kappa shape index (κ1) is 18.2. The van der Waals surface area contributed by atoms with E-state index in [1.165, 1.54) is 11.6 Å². The third kappa shape index (κ3) is 3.38. The molecule has 0 bridgehead atoms. The fraction of sp³-hybridized carbons (Fsp3) is 0.273. The number of aromatic nitrogens is 1. The fourth-order valence-electron chi connectivity index (χ4n) is 3.51. The number of rotatable bonds is 4. The predicted molar refractivity (Wildman–Crippen MR) is 103 cm³/mol. The van der Waals surface area contributed by atoms with Crippen LogP contribution >= 0.6 is 0 Å². The van der Waals surface area contributed by atoms with Gasteiger partial charge in [-0.2, -0.15) is 0 Å². The lowest BCUT2D eigenvalue weighted by atomic mass is 9.99. The second kappa shape index (κ2) is 7.46. The highest BCUT2D eigenvalue weighted by atomic mass is 19.1. The van der Waals surface area contributed by atoms with E-state index < -0.39 is 5.82 Å². The number of para-hydroxylation sites is 1. The van der Waals surface area contributed by atoms with E-state index in [0.29, 0.717) is 17.9 Å². The highest BCUT2D eigenvalue weighted by Crippen LogP contribution is 2.30. The molecule has 0 radical (unpaired) electrons. The molecule has 0 aliphatic carbocycles. The van der Waals surface area contributed by atoms with Crippen LogP contribution in [0.5, 0.6) is 5.75 Å². The quantitative estimate of drug-likeness (QED) is 0.664. The lowest BCUT2D eigenvalue weighted by Gasteiger charge is -2.29. The van der Waals surface area contributed by atoms with Crippen molar-refractivity contribution in [2.24, 2.45) is 0 Å². The number of nitrogens with zero attached hydrogens (tertiary/aromatic N) is 2. The molecule has 4 rings (SSSR count). The van der Waals surface area contributed by atoms with Crippen molar-refractivity contribution in [2.75, 3.05) is 11.4 Å². The molecule has 0 saturated carbocycles. The van der Waals surface area contributed by atoms with Crippen molar-refractivity contribution in [2.45, 2.75) is 33.3 Å². The standard InChI is InChI=1S/C22H21FN2O3/c1-14-9-10-19-16(12-14)6-5-11-25(19)22(26)21-17(15(2)28-24-21)13-27-20-8-4-3-7-18(20)23/h3-4,7-10,12H,5-6,11,13H2,1-2H3. The van der Waals surface area contributed by atoms with Gasteiger partial charge >= 0.3 is 0 Å². The van der Waals surface area contributed by atoms with Gasteiger partial charge in [-0.3, -0.25) is 4.79 Å². The van der Waals surface area contributed by atoms with Crippen LogP contribution in [-0.4, -0.2) is 17.6 Å². The van der Waals surface area contributed by atoms with Gasteiger partial charge in [-0.25, -0.2) is 4.39 Å². The number of anilines is 1. The van der Waals surface area contributed by atoms with Gasteiger partial charge in [-0.1, -0.05) is 35.0 Å². The van der Waals surface area contributed by atoms with E-state index in [4.69, 9.17) is 9.26 Å². The van der Waals surface area contributed by atoms with Crippen molar-refractivity contribution < 1.29 is 18.4 Å². The minimum absolute atomic E-state index is 0.00589. The monoisotopic (exact) mass is 380 g/mol. The summed E-state index contributed by atoms with van der Waals surface area (Å²) in [7, 11) is 0. The lowest BCUT2D eigenvalue weighted by molar-refractivity contribution is 0.0974. The number of aryl methyl sites for hydroxylation is 3. The summed E-state index contributed by atoms with van der Waals surface area (Å²) in [5.41, 5.74) is 3.98. The molecule has 1 aromatic heterocycles. The zero-order valence-corrected chi connectivity index (χ0v) is 15.9. The first-order chi connectivity index (χ1) is 13.5. The number of ether oxygens (including phenoxy) is 1. The second-order valence-electron chi connectivity index (χ2n) is 6.98. The van der Waals surface area contributed by atoms with E-state index >= 15 is 0 Å². The van der Waals surface area contributed by atoms with Crippen molar-refractivity contribution in [3.8, 4) is 5.75 Å². The fourth-order valence-corrected chi connectivity index (χ4v) is 3.51.